The minimum Gasteiger partial charge on any atom is -0.360 e. The topological polar surface area (TPSA) is 68.3 Å². The zero-order valence-corrected chi connectivity index (χ0v) is 16.7. The lowest BCUT2D eigenvalue weighted by Crippen LogP contribution is -2.23. The molecular formula is C20H34N6. The molecule has 0 spiro atoms. The summed E-state index contributed by atoms with van der Waals surface area (Å²) < 4.78 is 0. The number of aromatic amines is 1. The zero-order chi connectivity index (χ0) is 18.8. The summed E-state index contributed by atoms with van der Waals surface area (Å²) in [7, 11) is 4.09. The lowest BCUT2D eigenvalue weighted by Gasteiger charge is -2.20. The monoisotopic (exact) mass is 358 g/mol. The highest BCUT2D eigenvalue weighted by atomic mass is 15.2. The minimum absolute atomic E-state index is 0.665. The van der Waals surface area contributed by atoms with E-state index in [4.69, 9.17) is 4.99 Å². The Morgan fingerprint density at radius 2 is 2.27 bits per heavy atom. The van der Waals surface area contributed by atoms with E-state index in [9.17, 15) is 0 Å². The first kappa shape index (κ1) is 20.2. The summed E-state index contributed by atoms with van der Waals surface area (Å²) in [4.78, 5) is 7.10. The molecule has 6 heteroatoms. The van der Waals surface area contributed by atoms with Crippen LogP contribution < -0.4 is 10.6 Å². The molecule has 1 aliphatic carbocycles. The van der Waals surface area contributed by atoms with Crippen LogP contribution >= 0.6 is 0 Å². The Labute approximate surface area is 157 Å². The fourth-order valence-corrected chi connectivity index (χ4v) is 2.69. The second kappa shape index (κ2) is 10.8. The minimum atomic E-state index is 0.665. The number of anilines is 1. The fourth-order valence-electron chi connectivity index (χ4n) is 2.69. The van der Waals surface area contributed by atoms with Gasteiger partial charge in [0.25, 0.3) is 0 Å². The van der Waals surface area contributed by atoms with Crippen LogP contribution in [-0.4, -0.2) is 48.1 Å². The van der Waals surface area contributed by atoms with Gasteiger partial charge in [-0.25, -0.2) is 4.99 Å². The average molecular weight is 359 g/mol. The van der Waals surface area contributed by atoms with Gasteiger partial charge in [-0.15, -0.1) is 0 Å². The van der Waals surface area contributed by atoms with Gasteiger partial charge in [-0.1, -0.05) is 19.4 Å². The van der Waals surface area contributed by atoms with Crippen LogP contribution in [0.15, 0.2) is 35.1 Å². The van der Waals surface area contributed by atoms with Crippen LogP contribution in [0.1, 0.15) is 57.6 Å². The Morgan fingerprint density at radius 1 is 1.46 bits per heavy atom. The number of allylic oxidation sites excluding steroid dienone is 2. The Morgan fingerprint density at radius 3 is 2.92 bits per heavy atom. The molecule has 1 heterocycles. The van der Waals surface area contributed by atoms with Crippen LogP contribution in [0.25, 0.3) is 0 Å². The fraction of sp³-hybridized carbons (Fsp3) is 0.600. The van der Waals surface area contributed by atoms with Crippen molar-refractivity contribution < 1.29 is 0 Å². The highest BCUT2D eigenvalue weighted by Gasteiger charge is 2.25. The number of hydrogen-bond donors (Lipinski definition) is 3. The molecule has 144 valence electrons. The Balaban J connectivity index is 2.11. The number of unbranched alkanes of at least 4 members (excludes halogenated alkanes) is 1. The molecule has 0 unspecified atom stereocenters. The van der Waals surface area contributed by atoms with Crippen molar-refractivity contribution in [1.29, 1.82) is 0 Å². The van der Waals surface area contributed by atoms with Gasteiger partial charge in [-0.2, -0.15) is 5.10 Å². The van der Waals surface area contributed by atoms with Gasteiger partial charge in [0.2, 0.25) is 0 Å². The third-order valence-electron chi connectivity index (χ3n) is 4.36. The van der Waals surface area contributed by atoms with Gasteiger partial charge in [-0.05, 0) is 58.4 Å². The normalized spacial score (nSPS) is 15.7. The molecule has 3 N–H and O–H groups in total. The van der Waals surface area contributed by atoms with E-state index in [0.29, 0.717) is 5.92 Å². The van der Waals surface area contributed by atoms with Crippen molar-refractivity contribution >= 4 is 11.7 Å². The molecule has 0 aromatic carbocycles. The molecule has 26 heavy (non-hydrogen) atoms. The second-order valence-corrected chi connectivity index (χ2v) is 6.83. The number of nitrogens with zero attached hydrogens (tertiary/aromatic N) is 3. The molecule has 1 aliphatic rings. The number of aliphatic imine (C=N–C) groups is 1. The molecule has 0 aliphatic heterocycles. The summed E-state index contributed by atoms with van der Waals surface area (Å²) in [5.74, 6) is 3.31. The molecule has 1 aromatic heterocycles. The van der Waals surface area contributed by atoms with Crippen LogP contribution in [0.5, 0.6) is 0 Å². The SMILES string of the molecule is C\C=C/C(=N\C(=C\CCC)N(C)CCCNC)Nc1cc(C2CC2)[nH]n1. The summed E-state index contributed by atoms with van der Waals surface area (Å²) in [5.41, 5.74) is 1.22. The smallest absolute Gasteiger partial charge is 0.153 e. The van der Waals surface area contributed by atoms with Crippen molar-refractivity contribution in [2.24, 2.45) is 4.99 Å². The van der Waals surface area contributed by atoms with Gasteiger partial charge in [0, 0.05) is 31.3 Å². The van der Waals surface area contributed by atoms with Gasteiger partial charge in [0.05, 0.1) is 0 Å². The lowest BCUT2D eigenvalue weighted by molar-refractivity contribution is 0.400. The maximum atomic E-state index is 4.88. The first-order valence-corrected chi connectivity index (χ1v) is 9.77. The molecule has 0 radical (unpaired) electrons. The standard InChI is InChI=1S/C20H34N6/c1-5-7-10-20(26(4)14-8-13-21-3)23-18(9-6-2)22-19-15-17(24-25-19)16-11-12-16/h6,9-10,15-16,21H,5,7-8,11-14H2,1-4H3,(H2,22,23,24,25)/b9-6-,20-10-. The van der Waals surface area contributed by atoms with E-state index >= 15 is 0 Å². The van der Waals surface area contributed by atoms with Crippen LogP contribution in [0.2, 0.25) is 0 Å². The van der Waals surface area contributed by atoms with Crippen molar-refractivity contribution in [3.8, 4) is 0 Å². The van der Waals surface area contributed by atoms with Crippen LogP contribution in [0, 0.1) is 0 Å². The molecule has 1 fully saturated rings. The van der Waals surface area contributed by atoms with Crippen molar-refractivity contribution in [2.75, 3.05) is 32.5 Å². The molecule has 1 aromatic rings. The predicted molar refractivity (Wildman–Crippen MR) is 111 cm³/mol. The third kappa shape index (κ3) is 6.67. The number of aromatic nitrogens is 2. The van der Waals surface area contributed by atoms with E-state index in [1.807, 2.05) is 26.1 Å². The van der Waals surface area contributed by atoms with Crippen LogP contribution in [-0.2, 0) is 0 Å². The maximum absolute atomic E-state index is 4.88. The molecule has 0 saturated heterocycles. The Kier molecular flexibility index (Phi) is 8.41. The molecular weight excluding hydrogens is 324 g/mol. The van der Waals surface area contributed by atoms with E-state index in [-0.39, 0.29) is 0 Å². The first-order chi connectivity index (χ1) is 12.7. The molecule has 0 bridgehead atoms. The highest BCUT2D eigenvalue weighted by molar-refractivity contribution is 6.03. The van der Waals surface area contributed by atoms with Gasteiger partial charge in [0.1, 0.15) is 11.7 Å². The molecule has 2 rings (SSSR count). The quantitative estimate of drug-likeness (QED) is 0.319. The molecule has 0 amide bonds. The number of rotatable bonds is 11. The Bertz CT molecular complexity index is 624. The Hall–Kier alpha value is -2.08. The van der Waals surface area contributed by atoms with E-state index < -0.39 is 0 Å². The summed E-state index contributed by atoms with van der Waals surface area (Å²) in [6.07, 6.45) is 11.9. The van der Waals surface area contributed by atoms with Crippen molar-refractivity contribution in [2.45, 2.75) is 51.9 Å². The maximum Gasteiger partial charge on any atom is 0.153 e. The summed E-state index contributed by atoms with van der Waals surface area (Å²) in [5, 5.41) is 14.1. The summed E-state index contributed by atoms with van der Waals surface area (Å²) in [6, 6.07) is 2.10. The van der Waals surface area contributed by atoms with Crippen LogP contribution in [0.3, 0.4) is 0 Å². The van der Waals surface area contributed by atoms with E-state index in [2.05, 4.69) is 51.8 Å². The van der Waals surface area contributed by atoms with E-state index in [0.717, 1.165) is 49.8 Å². The van der Waals surface area contributed by atoms with Gasteiger partial charge >= 0.3 is 0 Å². The lowest BCUT2D eigenvalue weighted by atomic mass is 10.3. The first-order valence-electron chi connectivity index (χ1n) is 9.77. The van der Waals surface area contributed by atoms with E-state index in [1.54, 1.807) is 0 Å². The highest BCUT2D eigenvalue weighted by Crippen LogP contribution is 2.39. The predicted octanol–water partition coefficient (Wildman–Crippen LogP) is 3.86. The van der Waals surface area contributed by atoms with Gasteiger partial charge in [0.15, 0.2) is 5.82 Å². The van der Waals surface area contributed by atoms with Crippen molar-refractivity contribution in [3.63, 3.8) is 0 Å². The summed E-state index contributed by atoms with van der Waals surface area (Å²) >= 11 is 0. The molecule has 6 nitrogen and oxygen atoms in total. The molecule has 1 saturated carbocycles. The van der Waals surface area contributed by atoms with Gasteiger partial charge in [-0.3, -0.25) is 5.10 Å². The third-order valence-corrected chi connectivity index (χ3v) is 4.36. The largest absolute Gasteiger partial charge is 0.360 e. The number of H-pyrrole nitrogens is 1. The zero-order valence-electron chi connectivity index (χ0n) is 16.7. The van der Waals surface area contributed by atoms with E-state index in [1.165, 1.54) is 18.5 Å². The van der Waals surface area contributed by atoms with Crippen LogP contribution in [0.4, 0.5) is 5.82 Å². The number of amidine groups is 1. The number of nitrogens with one attached hydrogen (secondary N) is 3. The van der Waals surface area contributed by atoms with Crippen molar-refractivity contribution in [1.82, 2.24) is 20.4 Å². The van der Waals surface area contributed by atoms with Crippen molar-refractivity contribution in [3.05, 3.63) is 35.8 Å². The summed E-state index contributed by atoms with van der Waals surface area (Å²) in [6.45, 7) is 6.17. The number of hydrogen-bond acceptors (Lipinski definition) is 4. The second-order valence-electron chi connectivity index (χ2n) is 6.83. The molecule has 0 atom stereocenters. The average Bonchev–Trinajstić information content (AvgIpc) is 3.38. The van der Waals surface area contributed by atoms with Gasteiger partial charge < -0.3 is 15.5 Å².